The third-order valence-electron chi connectivity index (χ3n) is 4.52. The van der Waals surface area contributed by atoms with Gasteiger partial charge in [0.2, 0.25) is 17.7 Å². The van der Waals surface area contributed by atoms with Crippen LogP contribution in [0.4, 0.5) is 0 Å². The van der Waals surface area contributed by atoms with Crippen LogP contribution in [-0.2, 0) is 14.4 Å². The van der Waals surface area contributed by atoms with E-state index in [1.807, 2.05) is 18.7 Å². The maximum Gasteiger partial charge on any atom is 0.245 e. The van der Waals surface area contributed by atoms with Crippen molar-refractivity contribution < 1.29 is 24.6 Å². The molecule has 0 bridgehead atoms. The van der Waals surface area contributed by atoms with Gasteiger partial charge in [-0.05, 0) is 45.3 Å². The second-order valence-electron chi connectivity index (χ2n) is 7.03. The number of aliphatic hydroxyl groups is 2. The zero-order chi connectivity index (χ0) is 26.1. The number of hydrogen-bond donors (Lipinski definition) is 3. The van der Waals surface area contributed by atoms with Crippen LogP contribution in [0, 0.1) is 0 Å². The van der Waals surface area contributed by atoms with Gasteiger partial charge in [0.15, 0.2) is 0 Å². The van der Waals surface area contributed by atoms with Crippen LogP contribution in [0.1, 0.15) is 66.2 Å². The highest BCUT2D eigenvalue weighted by Crippen LogP contribution is 2.01. The largest absolute Gasteiger partial charge is 0.396 e. The number of likely N-dealkylation sites (N-methyl/N-ethyl adjacent to an activating group) is 1. The number of nitrogens with two attached hydrogens (primary N) is 1. The predicted octanol–water partition coefficient (Wildman–Crippen LogP) is 2.80. The molecular weight excluding hydrogens is 422 g/mol. The first kappa shape index (κ1) is 35.1. The molecule has 0 radical (unpaired) electrons. The lowest BCUT2D eigenvalue weighted by Crippen LogP contribution is -2.31. The number of nitrogens with zero attached hydrogens (tertiary/aromatic N) is 2. The zero-order valence-electron chi connectivity index (χ0n) is 21.2. The molecule has 0 aliphatic rings. The van der Waals surface area contributed by atoms with Crippen molar-refractivity contribution in [3.8, 4) is 0 Å². The fourth-order valence-electron chi connectivity index (χ4n) is 2.51. The normalized spacial score (nSPS) is 10.1. The van der Waals surface area contributed by atoms with Crippen molar-refractivity contribution in [1.82, 2.24) is 9.80 Å². The number of hydrogen-bond acceptors (Lipinski definition) is 5. The van der Waals surface area contributed by atoms with E-state index in [9.17, 15) is 14.4 Å². The Balaban J connectivity index is -0.000000416. The van der Waals surface area contributed by atoms with E-state index in [0.29, 0.717) is 12.0 Å². The van der Waals surface area contributed by atoms with E-state index in [-0.39, 0.29) is 31.4 Å². The lowest BCUT2D eigenvalue weighted by atomic mass is 10.1. The second kappa shape index (κ2) is 25.8. The number of rotatable bonds is 15. The predicted molar refractivity (Wildman–Crippen MR) is 135 cm³/mol. The summed E-state index contributed by atoms with van der Waals surface area (Å²) in [5.41, 5.74) is 5.34. The van der Waals surface area contributed by atoms with Crippen molar-refractivity contribution in [1.29, 1.82) is 0 Å². The molecule has 33 heavy (non-hydrogen) atoms. The third kappa shape index (κ3) is 21.2. The van der Waals surface area contributed by atoms with Crippen molar-refractivity contribution >= 4 is 17.7 Å². The first-order valence-electron chi connectivity index (χ1n) is 11.8. The summed E-state index contributed by atoms with van der Waals surface area (Å²) in [7, 11) is 0. The third-order valence-corrected chi connectivity index (χ3v) is 4.52. The van der Waals surface area contributed by atoms with Crippen molar-refractivity contribution in [2.24, 2.45) is 5.73 Å². The van der Waals surface area contributed by atoms with Crippen molar-refractivity contribution in [2.45, 2.75) is 66.2 Å². The van der Waals surface area contributed by atoms with Gasteiger partial charge in [-0.25, -0.2) is 0 Å². The number of primary amides is 1. The summed E-state index contributed by atoms with van der Waals surface area (Å²) >= 11 is 0. The van der Waals surface area contributed by atoms with Gasteiger partial charge in [-0.1, -0.05) is 45.9 Å². The molecule has 0 saturated carbocycles. The Kier molecular flexibility index (Phi) is 27.5. The number of unbranched alkanes of at least 4 members (excludes halogenated alkanes) is 2. The summed E-state index contributed by atoms with van der Waals surface area (Å²) in [5.74, 6) is -0.450. The van der Waals surface area contributed by atoms with Gasteiger partial charge >= 0.3 is 0 Å². The zero-order valence-corrected chi connectivity index (χ0v) is 21.2. The Labute approximate surface area is 200 Å². The monoisotopic (exact) mass is 469 g/mol. The van der Waals surface area contributed by atoms with Crippen molar-refractivity contribution in [2.75, 3.05) is 39.4 Å². The summed E-state index contributed by atoms with van der Waals surface area (Å²) in [5, 5.41) is 16.9. The van der Waals surface area contributed by atoms with E-state index in [1.54, 1.807) is 11.0 Å². The van der Waals surface area contributed by atoms with E-state index < -0.39 is 5.91 Å². The summed E-state index contributed by atoms with van der Waals surface area (Å²) < 4.78 is 0. The van der Waals surface area contributed by atoms with Gasteiger partial charge in [0, 0.05) is 51.4 Å². The first-order chi connectivity index (χ1) is 15.7. The molecule has 0 rings (SSSR count). The molecule has 0 aromatic heterocycles. The number of carbonyl (C=O) groups excluding carboxylic acids is 3. The Morgan fingerprint density at radius 2 is 1.27 bits per heavy atom. The van der Waals surface area contributed by atoms with Gasteiger partial charge in [-0.2, -0.15) is 0 Å². The van der Waals surface area contributed by atoms with Gasteiger partial charge < -0.3 is 25.7 Å². The quantitative estimate of drug-likeness (QED) is 0.318. The molecular formula is C25H47N3O5. The van der Waals surface area contributed by atoms with Gasteiger partial charge in [-0.15, -0.1) is 0 Å². The number of carbonyl (C=O) groups is 3. The van der Waals surface area contributed by atoms with Crippen LogP contribution in [0.25, 0.3) is 0 Å². The minimum Gasteiger partial charge on any atom is -0.396 e. The molecule has 0 atom stereocenters. The molecule has 0 spiro atoms. The molecule has 0 unspecified atom stereocenters. The molecule has 8 heteroatoms. The first-order valence-corrected chi connectivity index (χ1v) is 11.8. The van der Waals surface area contributed by atoms with Crippen LogP contribution in [0.15, 0.2) is 37.0 Å². The smallest absolute Gasteiger partial charge is 0.245 e. The summed E-state index contributed by atoms with van der Waals surface area (Å²) in [6.07, 6.45) is 9.39. The highest BCUT2D eigenvalue weighted by molar-refractivity contribution is 5.91. The lowest BCUT2D eigenvalue weighted by molar-refractivity contribution is -0.126. The molecule has 8 nitrogen and oxygen atoms in total. The molecule has 4 N–H and O–H groups in total. The lowest BCUT2D eigenvalue weighted by Gasteiger charge is -2.20. The summed E-state index contributed by atoms with van der Waals surface area (Å²) in [4.78, 5) is 36.3. The number of amides is 3. The minimum atomic E-state index is -0.535. The van der Waals surface area contributed by atoms with Gasteiger partial charge in [-0.3, -0.25) is 14.4 Å². The summed E-state index contributed by atoms with van der Waals surface area (Å²) in [6, 6.07) is 0. The van der Waals surface area contributed by atoms with Crippen molar-refractivity contribution in [3.63, 3.8) is 0 Å². The molecule has 192 valence electrons. The Hall–Kier alpha value is -2.45. The van der Waals surface area contributed by atoms with E-state index in [1.165, 1.54) is 12.2 Å². The SMILES string of the molecule is C=CC(=O)N(CC)CC.C=CC(=O)N(CCCC)CCCC.NC(=O)C(=CCCO)CCO. The minimum absolute atomic E-state index is 0.0117. The molecule has 0 aromatic rings. The number of aliphatic hydroxyl groups excluding tert-OH is 2. The van der Waals surface area contributed by atoms with E-state index in [0.717, 1.165) is 51.9 Å². The average molecular weight is 470 g/mol. The van der Waals surface area contributed by atoms with Crippen LogP contribution >= 0.6 is 0 Å². The van der Waals surface area contributed by atoms with Gasteiger partial charge in [0.05, 0.1) is 0 Å². The average Bonchev–Trinajstić information content (AvgIpc) is 2.82. The highest BCUT2D eigenvalue weighted by Gasteiger charge is 2.07. The molecule has 0 saturated heterocycles. The maximum absolute atomic E-state index is 11.3. The van der Waals surface area contributed by atoms with Gasteiger partial charge in [0.1, 0.15) is 0 Å². The molecule has 0 aromatic carbocycles. The van der Waals surface area contributed by atoms with Crippen LogP contribution in [0.2, 0.25) is 0 Å². The Morgan fingerprint density at radius 1 is 0.818 bits per heavy atom. The molecule has 0 aliphatic heterocycles. The maximum atomic E-state index is 11.3. The fraction of sp³-hybridized carbons (Fsp3) is 0.640. The van der Waals surface area contributed by atoms with E-state index in [4.69, 9.17) is 15.9 Å². The standard InChI is InChI=1S/C11H21NO.C7H13NO3.C7H13NO/c1-4-7-9-12(10-8-5-2)11(13)6-3;8-7(11)6(3-5-10)2-1-4-9;1-4-7(9)8(5-2)6-3/h6H,3-5,7-10H2,1-2H3;2,9-10H,1,3-5H2,(H2,8,11);4H,1,5-6H2,2-3H3. The van der Waals surface area contributed by atoms with Crippen molar-refractivity contribution in [3.05, 3.63) is 37.0 Å². The topological polar surface area (TPSA) is 124 Å². The molecule has 0 heterocycles. The molecule has 0 aliphatic carbocycles. The second-order valence-corrected chi connectivity index (χ2v) is 7.03. The molecule has 3 amide bonds. The fourth-order valence-corrected chi connectivity index (χ4v) is 2.51. The van der Waals surface area contributed by atoms with Crippen LogP contribution in [0.3, 0.4) is 0 Å². The Bertz CT molecular complexity index is 564. The Morgan fingerprint density at radius 3 is 1.55 bits per heavy atom. The van der Waals surface area contributed by atoms with Gasteiger partial charge in [0.25, 0.3) is 0 Å². The highest BCUT2D eigenvalue weighted by atomic mass is 16.3. The van der Waals surface area contributed by atoms with Crippen LogP contribution < -0.4 is 5.73 Å². The molecule has 0 fully saturated rings. The van der Waals surface area contributed by atoms with Crippen LogP contribution in [0.5, 0.6) is 0 Å². The summed E-state index contributed by atoms with van der Waals surface area (Å²) in [6.45, 7) is 18.2. The van der Waals surface area contributed by atoms with E-state index in [2.05, 4.69) is 27.0 Å². The van der Waals surface area contributed by atoms with E-state index >= 15 is 0 Å². The van der Waals surface area contributed by atoms with Crippen LogP contribution in [-0.4, -0.2) is 77.1 Å².